The van der Waals surface area contributed by atoms with Crippen molar-refractivity contribution in [2.24, 2.45) is 7.05 Å². The lowest BCUT2D eigenvalue weighted by atomic mass is 9.99. The molecule has 4 heterocycles. The van der Waals surface area contributed by atoms with Crippen LogP contribution < -0.4 is 4.90 Å². The van der Waals surface area contributed by atoms with Crippen LogP contribution in [-0.4, -0.2) is 46.3 Å². The average molecular weight is 609 g/mol. The van der Waals surface area contributed by atoms with Crippen molar-refractivity contribution >= 4 is 11.9 Å². The van der Waals surface area contributed by atoms with Crippen LogP contribution in [0.3, 0.4) is 0 Å². The van der Waals surface area contributed by atoms with E-state index in [9.17, 15) is 31.1 Å². The Hall–Kier alpha value is -4.00. The van der Waals surface area contributed by atoms with Gasteiger partial charge in [-0.1, -0.05) is 6.58 Å². The molecule has 13 heteroatoms. The number of cyclic esters (lactones) is 1. The predicted molar refractivity (Wildman–Crippen MR) is 146 cm³/mol. The number of carbonyl (C=O) groups excluding carboxylic acids is 1. The number of anilines is 1. The Kier molecular flexibility index (Phi) is 8.21. The summed E-state index contributed by atoms with van der Waals surface area (Å²) in [6.07, 6.45) is -7.43. The summed E-state index contributed by atoms with van der Waals surface area (Å²) >= 11 is 0. The van der Waals surface area contributed by atoms with E-state index in [2.05, 4.69) is 11.5 Å². The van der Waals surface area contributed by atoms with Crippen molar-refractivity contribution in [3.63, 3.8) is 0 Å². The highest BCUT2D eigenvalue weighted by molar-refractivity contribution is 5.75. The molecule has 7 nitrogen and oxygen atoms in total. The molecule has 0 bridgehead atoms. The normalized spacial score (nSPS) is 18.3. The lowest BCUT2D eigenvalue weighted by Gasteiger charge is -2.36. The lowest BCUT2D eigenvalue weighted by Crippen LogP contribution is -2.40. The standard InChI is InChI=1S/C30H30F6N4O3/c1-4-39(24-7-10-42-11-8-24)27-21(12-20(16-37-27)25-6-5-9-38(25)3)17-40-18(2)26(43-28(40)41)19-13-22(29(31,32)33)15-23(14-19)30(34,35)36/h5-6,9,12-16,24,26H,2,4,7-8,10-11,17H2,1,3H3/t26-/m0/s1. The topological polar surface area (TPSA) is 59.8 Å². The van der Waals surface area contributed by atoms with E-state index in [1.54, 1.807) is 6.20 Å². The summed E-state index contributed by atoms with van der Waals surface area (Å²) in [4.78, 5) is 21.1. The molecule has 0 unspecified atom stereocenters. The van der Waals surface area contributed by atoms with Gasteiger partial charge in [0.25, 0.3) is 0 Å². The molecule has 0 radical (unpaired) electrons. The number of benzene rings is 1. The van der Waals surface area contributed by atoms with Crippen LogP contribution in [-0.2, 0) is 35.4 Å². The van der Waals surface area contributed by atoms with Crippen LogP contribution in [0.2, 0.25) is 0 Å². The molecule has 0 spiro atoms. The Morgan fingerprint density at radius 3 is 2.26 bits per heavy atom. The maximum Gasteiger partial charge on any atom is 0.416 e. The third-order valence-electron chi connectivity index (χ3n) is 7.76. The van der Waals surface area contributed by atoms with Gasteiger partial charge in [0.05, 0.1) is 23.4 Å². The molecule has 43 heavy (non-hydrogen) atoms. The second-order valence-electron chi connectivity index (χ2n) is 10.5. The molecule has 1 atom stereocenters. The summed E-state index contributed by atoms with van der Waals surface area (Å²) in [7, 11) is 1.87. The van der Waals surface area contributed by atoms with Crippen molar-refractivity contribution in [2.45, 2.75) is 50.8 Å². The molecule has 0 aliphatic carbocycles. The van der Waals surface area contributed by atoms with Crippen LogP contribution in [0.25, 0.3) is 11.3 Å². The minimum atomic E-state index is -5.05. The van der Waals surface area contributed by atoms with Gasteiger partial charge >= 0.3 is 18.4 Å². The quantitative estimate of drug-likeness (QED) is 0.263. The zero-order chi connectivity index (χ0) is 31.1. The molecule has 5 rings (SSSR count). The Morgan fingerprint density at radius 1 is 1.05 bits per heavy atom. The summed E-state index contributed by atoms with van der Waals surface area (Å²) in [6.45, 7) is 7.51. The second-order valence-corrected chi connectivity index (χ2v) is 10.5. The Bertz CT molecular complexity index is 1480. The highest BCUT2D eigenvalue weighted by Crippen LogP contribution is 2.42. The molecule has 0 N–H and O–H groups in total. The van der Waals surface area contributed by atoms with E-state index in [0.717, 1.165) is 29.0 Å². The minimum Gasteiger partial charge on any atom is -0.434 e. The van der Waals surface area contributed by atoms with Crippen molar-refractivity contribution < 1.29 is 40.6 Å². The first-order valence-corrected chi connectivity index (χ1v) is 13.7. The fraction of sp³-hybridized carbons (Fsp3) is 0.400. The summed E-state index contributed by atoms with van der Waals surface area (Å²) in [5.74, 6) is 0.606. The number of aryl methyl sites for hydroxylation is 1. The predicted octanol–water partition coefficient (Wildman–Crippen LogP) is 7.34. The number of pyridine rings is 1. The van der Waals surface area contributed by atoms with Crippen molar-refractivity contribution in [1.29, 1.82) is 0 Å². The van der Waals surface area contributed by atoms with Crippen LogP contribution in [0.15, 0.2) is 61.1 Å². The Balaban J connectivity index is 1.52. The summed E-state index contributed by atoms with van der Waals surface area (Å²) in [6, 6.07) is 6.91. The molecule has 1 aromatic carbocycles. The number of rotatable bonds is 7. The molecular weight excluding hydrogens is 578 g/mol. The second kappa shape index (κ2) is 11.6. The van der Waals surface area contributed by atoms with Gasteiger partial charge < -0.3 is 18.9 Å². The number of hydrogen-bond donors (Lipinski definition) is 0. The number of alkyl halides is 6. The molecule has 3 aromatic rings. The van der Waals surface area contributed by atoms with E-state index < -0.39 is 41.2 Å². The van der Waals surface area contributed by atoms with Crippen molar-refractivity contribution in [3.05, 3.63) is 83.3 Å². The molecule has 2 aliphatic heterocycles. The van der Waals surface area contributed by atoms with Crippen molar-refractivity contribution in [1.82, 2.24) is 14.5 Å². The minimum absolute atomic E-state index is 0.0312. The van der Waals surface area contributed by atoms with Gasteiger partial charge in [0, 0.05) is 62.1 Å². The molecular formula is C30H30F6N4O3. The molecule has 2 saturated heterocycles. The van der Waals surface area contributed by atoms with Gasteiger partial charge in [0.15, 0.2) is 6.10 Å². The highest BCUT2D eigenvalue weighted by atomic mass is 19.4. The van der Waals surface area contributed by atoms with E-state index in [0.29, 0.717) is 43.3 Å². The van der Waals surface area contributed by atoms with Crippen LogP contribution >= 0.6 is 0 Å². The van der Waals surface area contributed by atoms with Crippen molar-refractivity contribution in [2.75, 3.05) is 24.7 Å². The first kappa shape index (κ1) is 30.5. The Morgan fingerprint density at radius 2 is 1.70 bits per heavy atom. The van der Waals surface area contributed by atoms with Gasteiger partial charge in [-0.05, 0) is 61.7 Å². The number of amides is 1. The van der Waals surface area contributed by atoms with Gasteiger partial charge in [0.2, 0.25) is 0 Å². The van der Waals surface area contributed by atoms with E-state index in [-0.39, 0.29) is 24.4 Å². The van der Waals surface area contributed by atoms with Crippen LogP contribution in [0.5, 0.6) is 0 Å². The zero-order valence-electron chi connectivity index (χ0n) is 23.5. The van der Waals surface area contributed by atoms with Crippen molar-refractivity contribution in [3.8, 4) is 11.3 Å². The monoisotopic (exact) mass is 608 g/mol. The van der Waals surface area contributed by atoms with E-state index >= 15 is 0 Å². The number of halogens is 6. The SMILES string of the molecule is C=C1[C@@H](c2cc(C(F)(F)F)cc(C(F)(F)F)c2)OC(=O)N1Cc1cc(-c2cccn2C)cnc1N(CC)C1CCOCC1. The van der Waals surface area contributed by atoms with Gasteiger partial charge in [-0.2, -0.15) is 26.3 Å². The number of hydrogen-bond acceptors (Lipinski definition) is 5. The largest absolute Gasteiger partial charge is 0.434 e. The van der Waals surface area contributed by atoms with Crippen LogP contribution in [0, 0.1) is 0 Å². The maximum atomic E-state index is 13.5. The van der Waals surface area contributed by atoms with Gasteiger partial charge in [-0.25, -0.2) is 9.78 Å². The van der Waals surface area contributed by atoms with E-state index in [1.807, 2.05) is 42.9 Å². The van der Waals surface area contributed by atoms with Gasteiger partial charge in [0.1, 0.15) is 5.82 Å². The first-order chi connectivity index (χ1) is 20.3. The lowest BCUT2D eigenvalue weighted by molar-refractivity contribution is -0.143. The molecule has 0 saturated carbocycles. The van der Waals surface area contributed by atoms with Crippen LogP contribution in [0.4, 0.5) is 37.0 Å². The van der Waals surface area contributed by atoms with E-state index in [4.69, 9.17) is 14.5 Å². The van der Waals surface area contributed by atoms with Crippen LogP contribution in [0.1, 0.15) is 48.1 Å². The zero-order valence-corrected chi connectivity index (χ0v) is 23.5. The summed E-state index contributed by atoms with van der Waals surface area (Å²) in [5, 5.41) is 0. The molecule has 230 valence electrons. The Labute approximate surface area is 244 Å². The number of ether oxygens (including phenoxy) is 2. The molecule has 2 fully saturated rings. The van der Waals surface area contributed by atoms with Gasteiger partial charge in [-0.3, -0.25) is 4.90 Å². The number of aromatic nitrogens is 2. The van der Waals surface area contributed by atoms with E-state index in [1.165, 1.54) is 0 Å². The summed E-state index contributed by atoms with van der Waals surface area (Å²) < 4.78 is 93.9. The fourth-order valence-electron chi connectivity index (χ4n) is 5.58. The summed E-state index contributed by atoms with van der Waals surface area (Å²) in [5.41, 5.74) is -1.33. The molecule has 1 amide bonds. The first-order valence-electron chi connectivity index (χ1n) is 13.7. The smallest absolute Gasteiger partial charge is 0.416 e. The fourth-order valence-corrected chi connectivity index (χ4v) is 5.58. The number of nitrogens with zero attached hydrogens (tertiary/aromatic N) is 4. The molecule has 2 aromatic heterocycles. The van der Waals surface area contributed by atoms with Gasteiger partial charge in [-0.15, -0.1) is 0 Å². The average Bonchev–Trinajstić information content (AvgIpc) is 3.51. The number of carbonyl (C=O) groups is 1. The third kappa shape index (κ3) is 6.22. The maximum absolute atomic E-state index is 13.5. The highest BCUT2D eigenvalue weighted by Gasteiger charge is 2.42. The third-order valence-corrected chi connectivity index (χ3v) is 7.76. The molecule has 2 aliphatic rings.